The molecule has 1 aliphatic rings. The van der Waals surface area contributed by atoms with Crippen molar-refractivity contribution >= 4 is 5.97 Å². The van der Waals surface area contributed by atoms with E-state index < -0.39 is 5.92 Å². The summed E-state index contributed by atoms with van der Waals surface area (Å²) < 4.78 is 5.48. The Morgan fingerprint density at radius 2 is 2.05 bits per heavy atom. The number of rotatable bonds is 4. The van der Waals surface area contributed by atoms with Crippen molar-refractivity contribution in [3.8, 4) is 6.07 Å². The molecule has 1 aliphatic heterocycles. The van der Waals surface area contributed by atoms with Crippen LogP contribution in [0.25, 0.3) is 0 Å². The first-order valence-corrected chi connectivity index (χ1v) is 6.84. The van der Waals surface area contributed by atoms with Crippen molar-refractivity contribution in [2.75, 3.05) is 0 Å². The number of nitrogens with zero attached hydrogens (tertiary/aromatic N) is 1. The Kier molecular flexibility index (Phi) is 4.21. The standard InChI is InChI=1S/C16H19NO2/c1-3-7-11(2)15-14(12-8-5-4-6-9-12)13(10-17)16(18)19-15/h4-6,8-9,11,13-15H,3,7H2,1-2H3/t11?,13-,14-,15-/m0/s1. The molecule has 0 radical (unpaired) electrons. The molecule has 100 valence electrons. The molecule has 3 heteroatoms. The van der Waals surface area contributed by atoms with Gasteiger partial charge >= 0.3 is 5.97 Å². The molecule has 0 amide bonds. The Morgan fingerprint density at radius 1 is 1.37 bits per heavy atom. The second-order valence-corrected chi connectivity index (χ2v) is 5.21. The predicted molar refractivity (Wildman–Crippen MR) is 72.2 cm³/mol. The van der Waals surface area contributed by atoms with Crippen LogP contribution in [0, 0.1) is 23.2 Å². The molecule has 19 heavy (non-hydrogen) atoms. The van der Waals surface area contributed by atoms with Crippen LogP contribution < -0.4 is 0 Å². The topological polar surface area (TPSA) is 50.1 Å². The summed E-state index contributed by atoms with van der Waals surface area (Å²) in [6.07, 6.45) is 1.87. The van der Waals surface area contributed by atoms with E-state index in [0.717, 1.165) is 18.4 Å². The van der Waals surface area contributed by atoms with Gasteiger partial charge < -0.3 is 4.74 Å². The van der Waals surface area contributed by atoms with Gasteiger partial charge in [0.25, 0.3) is 0 Å². The first-order valence-electron chi connectivity index (χ1n) is 6.84. The van der Waals surface area contributed by atoms with Crippen molar-refractivity contribution < 1.29 is 9.53 Å². The Labute approximate surface area is 114 Å². The summed E-state index contributed by atoms with van der Waals surface area (Å²) in [5.74, 6) is -0.909. The molecule has 0 aromatic heterocycles. The van der Waals surface area contributed by atoms with E-state index in [1.165, 1.54) is 0 Å². The maximum Gasteiger partial charge on any atom is 0.324 e. The third-order valence-corrected chi connectivity index (χ3v) is 3.85. The maximum absolute atomic E-state index is 11.9. The van der Waals surface area contributed by atoms with E-state index in [2.05, 4.69) is 19.9 Å². The molecule has 1 aromatic carbocycles. The summed E-state index contributed by atoms with van der Waals surface area (Å²) in [4.78, 5) is 11.9. The van der Waals surface area contributed by atoms with Gasteiger partial charge in [0.1, 0.15) is 6.10 Å². The van der Waals surface area contributed by atoms with Gasteiger partial charge in [-0.15, -0.1) is 0 Å². The molecule has 1 aromatic rings. The third-order valence-electron chi connectivity index (χ3n) is 3.85. The molecule has 1 heterocycles. The van der Waals surface area contributed by atoms with Crippen LogP contribution in [0.15, 0.2) is 30.3 Å². The fourth-order valence-corrected chi connectivity index (χ4v) is 2.90. The third kappa shape index (κ3) is 2.63. The van der Waals surface area contributed by atoms with Gasteiger partial charge in [-0.25, -0.2) is 0 Å². The molecule has 1 fully saturated rings. The lowest BCUT2D eigenvalue weighted by atomic mass is 9.79. The van der Waals surface area contributed by atoms with E-state index in [-0.39, 0.29) is 23.9 Å². The van der Waals surface area contributed by atoms with E-state index >= 15 is 0 Å². The minimum atomic E-state index is -0.674. The molecule has 1 unspecified atom stereocenters. The second-order valence-electron chi connectivity index (χ2n) is 5.21. The zero-order valence-electron chi connectivity index (χ0n) is 11.4. The highest BCUT2D eigenvalue weighted by atomic mass is 16.6. The highest BCUT2D eigenvalue weighted by molar-refractivity contribution is 5.79. The summed E-state index contributed by atoms with van der Waals surface area (Å²) >= 11 is 0. The van der Waals surface area contributed by atoms with Crippen molar-refractivity contribution in [2.45, 2.75) is 38.7 Å². The average Bonchev–Trinajstić information content (AvgIpc) is 2.77. The van der Waals surface area contributed by atoms with Gasteiger partial charge in [-0.1, -0.05) is 50.6 Å². The van der Waals surface area contributed by atoms with Crippen LogP contribution in [0.1, 0.15) is 38.2 Å². The number of benzene rings is 1. The Bertz CT molecular complexity index is 477. The molecular weight excluding hydrogens is 238 g/mol. The van der Waals surface area contributed by atoms with Gasteiger partial charge in [0.2, 0.25) is 0 Å². The Balaban J connectivity index is 2.33. The molecular formula is C16H19NO2. The fourth-order valence-electron chi connectivity index (χ4n) is 2.90. The highest BCUT2D eigenvalue weighted by Crippen LogP contribution is 2.41. The normalized spacial score (nSPS) is 27.6. The van der Waals surface area contributed by atoms with Gasteiger partial charge in [0.15, 0.2) is 5.92 Å². The van der Waals surface area contributed by atoms with Gasteiger partial charge in [-0.2, -0.15) is 5.26 Å². The zero-order valence-corrected chi connectivity index (χ0v) is 11.4. The van der Waals surface area contributed by atoms with Crippen LogP contribution in [0.2, 0.25) is 0 Å². The number of carbonyl (C=O) groups excluding carboxylic acids is 1. The van der Waals surface area contributed by atoms with Crippen molar-refractivity contribution in [3.63, 3.8) is 0 Å². The number of cyclic esters (lactones) is 1. The van der Waals surface area contributed by atoms with E-state index in [1.54, 1.807) is 0 Å². The van der Waals surface area contributed by atoms with Crippen LogP contribution >= 0.6 is 0 Å². The van der Waals surface area contributed by atoms with E-state index in [0.29, 0.717) is 0 Å². The minimum Gasteiger partial charge on any atom is -0.460 e. The van der Waals surface area contributed by atoms with Gasteiger partial charge in [-0.05, 0) is 17.9 Å². The summed E-state index contributed by atoms with van der Waals surface area (Å²) in [7, 11) is 0. The highest BCUT2D eigenvalue weighted by Gasteiger charge is 2.47. The van der Waals surface area contributed by atoms with Crippen molar-refractivity contribution in [1.82, 2.24) is 0 Å². The Morgan fingerprint density at radius 3 is 2.63 bits per heavy atom. The minimum absolute atomic E-state index is 0.139. The zero-order chi connectivity index (χ0) is 13.8. The molecule has 3 nitrogen and oxygen atoms in total. The maximum atomic E-state index is 11.9. The quantitative estimate of drug-likeness (QED) is 0.778. The largest absolute Gasteiger partial charge is 0.460 e. The lowest BCUT2D eigenvalue weighted by Crippen LogP contribution is -2.25. The molecule has 0 spiro atoms. The summed E-state index contributed by atoms with van der Waals surface area (Å²) in [6, 6.07) is 11.9. The number of ether oxygens (including phenoxy) is 1. The number of esters is 1. The molecule has 0 saturated carbocycles. The Hall–Kier alpha value is -1.82. The van der Waals surface area contributed by atoms with Crippen LogP contribution in [0.3, 0.4) is 0 Å². The lowest BCUT2D eigenvalue weighted by Gasteiger charge is -2.24. The van der Waals surface area contributed by atoms with Crippen LogP contribution in [-0.2, 0) is 9.53 Å². The van der Waals surface area contributed by atoms with Crippen molar-refractivity contribution in [3.05, 3.63) is 35.9 Å². The van der Waals surface area contributed by atoms with Gasteiger partial charge in [0, 0.05) is 5.92 Å². The first kappa shape index (κ1) is 13.6. The smallest absolute Gasteiger partial charge is 0.324 e. The molecule has 0 aliphatic carbocycles. The van der Waals surface area contributed by atoms with Gasteiger partial charge in [-0.3, -0.25) is 4.79 Å². The lowest BCUT2D eigenvalue weighted by molar-refractivity contribution is -0.144. The molecule has 0 bridgehead atoms. The predicted octanol–water partition coefficient (Wildman–Crippen LogP) is 3.27. The van der Waals surface area contributed by atoms with Gasteiger partial charge in [0.05, 0.1) is 6.07 Å². The van der Waals surface area contributed by atoms with E-state index in [9.17, 15) is 10.1 Å². The monoisotopic (exact) mass is 257 g/mol. The average molecular weight is 257 g/mol. The van der Waals surface area contributed by atoms with E-state index in [1.807, 2.05) is 30.3 Å². The summed E-state index contributed by atoms with van der Waals surface area (Å²) in [5, 5.41) is 9.25. The molecule has 4 atom stereocenters. The summed E-state index contributed by atoms with van der Waals surface area (Å²) in [6.45, 7) is 4.21. The van der Waals surface area contributed by atoms with Crippen LogP contribution in [-0.4, -0.2) is 12.1 Å². The van der Waals surface area contributed by atoms with E-state index in [4.69, 9.17) is 4.74 Å². The SMILES string of the molecule is CCCC(C)[C@@H]1OC(=O)[C@@H](C#N)[C@@H]1c1ccccc1. The first-order chi connectivity index (χ1) is 9.19. The molecule has 2 rings (SSSR count). The number of carbonyl (C=O) groups is 1. The van der Waals surface area contributed by atoms with Crippen molar-refractivity contribution in [2.24, 2.45) is 11.8 Å². The van der Waals surface area contributed by atoms with Crippen molar-refractivity contribution in [1.29, 1.82) is 5.26 Å². The van der Waals surface area contributed by atoms with Crippen LogP contribution in [0.4, 0.5) is 0 Å². The number of hydrogen-bond donors (Lipinski definition) is 0. The molecule has 1 saturated heterocycles. The molecule has 0 N–H and O–H groups in total. The summed E-state index contributed by atoms with van der Waals surface area (Å²) in [5.41, 5.74) is 1.02. The van der Waals surface area contributed by atoms with Crippen LogP contribution in [0.5, 0.6) is 0 Å². The fraction of sp³-hybridized carbons (Fsp3) is 0.500. The second kappa shape index (κ2) is 5.88. The number of hydrogen-bond acceptors (Lipinski definition) is 3. The number of nitriles is 1.